The number of nitrogens with one attached hydrogen (secondary N) is 2. The number of carbonyl (C=O) groups is 1. The molecule has 2 aromatic carbocycles. The molecule has 0 aliphatic carbocycles. The molecule has 1 unspecified atom stereocenters. The van der Waals surface area contributed by atoms with E-state index in [9.17, 15) is 4.79 Å². The normalized spacial score (nSPS) is 12.0. The van der Waals surface area contributed by atoms with Crippen LogP contribution in [0.4, 0.5) is 4.79 Å². The van der Waals surface area contributed by atoms with E-state index in [2.05, 4.69) is 29.4 Å². The maximum absolute atomic E-state index is 12.8. The van der Waals surface area contributed by atoms with E-state index < -0.39 is 0 Å². The highest BCUT2D eigenvalue weighted by atomic mass is 16.5. The number of aromatic nitrogens is 1. The van der Waals surface area contributed by atoms with E-state index in [1.54, 1.807) is 7.11 Å². The summed E-state index contributed by atoms with van der Waals surface area (Å²) in [5, 5.41) is 4.31. The maximum Gasteiger partial charge on any atom is 0.317 e. The Hall–Kier alpha value is -2.95. The van der Waals surface area contributed by atoms with Gasteiger partial charge in [-0.05, 0) is 56.5 Å². The number of para-hydroxylation sites is 1. The second-order valence-corrected chi connectivity index (χ2v) is 6.99. The lowest BCUT2D eigenvalue weighted by Crippen LogP contribution is -2.42. The third-order valence-electron chi connectivity index (χ3n) is 5.32. The summed E-state index contributed by atoms with van der Waals surface area (Å²) in [6.45, 7) is 7.36. The molecule has 0 saturated heterocycles. The second kappa shape index (κ2) is 8.83. The van der Waals surface area contributed by atoms with Gasteiger partial charge in [0.1, 0.15) is 5.75 Å². The third-order valence-corrected chi connectivity index (χ3v) is 5.32. The van der Waals surface area contributed by atoms with Crippen molar-refractivity contribution < 1.29 is 9.53 Å². The van der Waals surface area contributed by atoms with Gasteiger partial charge in [0.25, 0.3) is 0 Å². The molecule has 0 saturated carbocycles. The highest BCUT2D eigenvalue weighted by Crippen LogP contribution is 2.24. The van der Waals surface area contributed by atoms with Crippen LogP contribution in [-0.2, 0) is 6.42 Å². The first-order valence-corrected chi connectivity index (χ1v) is 9.79. The van der Waals surface area contributed by atoms with Gasteiger partial charge in [-0.2, -0.15) is 0 Å². The minimum absolute atomic E-state index is 0.0325. The molecule has 3 aromatic rings. The van der Waals surface area contributed by atoms with Crippen LogP contribution in [0.2, 0.25) is 0 Å². The van der Waals surface area contributed by atoms with Crippen LogP contribution < -0.4 is 10.1 Å². The summed E-state index contributed by atoms with van der Waals surface area (Å²) >= 11 is 0. The van der Waals surface area contributed by atoms with Crippen LogP contribution in [0.25, 0.3) is 10.9 Å². The minimum atomic E-state index is -0.0460. The molecule has 2 N–H and O–H groups in total. The molecule has 2 amide bonds. The molecule has 0 aliphatic heterocycles. The first-order valence-electron chi connectivity index (χ1n) is 9.79. The van der Waals surface area contributed by atoms with Crippen molar-refractivity contribution in [2.75, 3.05) is 20.2 Å². The fourth-order valence-electron chi connectivity index (χ4n) is 3.73. The zero-order valence-electron chi connectivity index (χ0n) is 17.1. The Kier molecular flexibility index (Phi) is 6.24. The molecular weight excluding hydrogens is 350 g/mol. The highest BCUT2D eigenvalue weighted by molar-refractivity contribution is 5.84. The number of carbonyl (C=O) groups excluding carboxylic acids is 1. The minimum Gasteiger partial charge on any atom is -0.497 e. The first kappa shape index (κ1) is 19.8. The average molecular weight is 380 g/mol. The molecule has 28 heavy (non-hydrogen) atoms. The summed E-state index contributed by atoms with van der Waals surface area (Å²) < 4.78 is 5.31. The van der Waals surface area contributed by atoms with E-state index in [0.717, 1.165) is 28.9 Å². The van der Waals surface area contributed by atoms with Crippen LogP contribution in [0.5, 0.6) is 5.75 Å². The molecule has 1 atom stereocenters. The predicted molar refractivity (Wildman–Crippen MR) is 114 cm³/mol. The van der Waals surface area contributed by atoms with Gasteiger partial charge in [-0.15, -0.1) is 0 Å². The highest BCUT2D eigenvalue weighted by Gasteiger charge is 2.20. The molecule has 0 fully saturated rings. The number of hydrogen-bond donors (Lipinski definition) is 2. The largest absolute Gasteiger partial charge is 0.497 e. The number of fused-ring (bicyclic) bond motifs is 1. The van der Waals surface area contributed by atoms with Gasteiger partial charge in [0.15, 0.2) is 0 Å². The predicted octanol–water partition coefficient (Wildman–Crippen LogP) is 4.82. The second-order valence-electron chi connectivity index (χ2n) is 6.99. The van der Waals surface area contributed by atoms with Crippen LogP contribution in [0, 0.1) is 6.92 Å². The summed E-state index contributed by atoms with van der Waals surface area (Å²) in [7, 11) is 1.65. The topological polar surface area (TPSA) is 57.4 Å². The van der Waals surface area contributed by atoms with Gasteiger partial charge in [-0.3, -0.25) is 0 Å². The van der Waals surface area contributed by atoms with E-state index >= 15 is 0 Å². The zero-order chi connectivity index (χ0) is 20.1. The number of rotatable bonds is 7. The molecule has 1 aromatic heterocycles. The van der Waals surface area contributed by atoms with Crippen molar-refractivity contribution in [2.45, 2.75) is 33.2 Å². The molecule has 1 heterocycles. The Bertz CT molecular complexity index is 948. The van der Waals surface area contributed by atoms with Gasteiger partial charge in [-0.1, -0.05) is 30.3 Å². The Morgan fingerprint density at radius 1 is 1.21 bits per heavy atom. The van der Waals surface area contributed by atoms with Crippen LogP contribution >= 0.6 is 0 Å². The van der Waals surface area contributed by atoms with E-state index in [0.29, 0.717) is 13.1 Å². The van der Waals surface area contributed by atoms with E-state index in [4.69, 9.17) is 4.74 Å². The smallest absolute Gasteiger partial charge is 0.317 e. The third kappa shape index (κ3) is 4.14. The lowest BCUT2D eigenvalue weighted by Gasteiger charge is -2.28. The van der Waals surface area contributed by atoms with Crippen molar-refractivity contribution in [3.8, 4) is 5.75 Å². The molecule has 3 rings (SSSR count). The Labute approximate surface area is 166 Å². The van der Waals surface area contributed by atoms with Gasteiger partial charge >= 0.3 is 6.03 Å². The van der Waals surface area contributed by atoms with Crippen LogP contribution in [-0.4, -0.2) is 36.1 Å². The summed E-state index contributed by atoms with van der Waals surface area (Å²) in [6, 6.07) is 16.1. The van der Waals surface area contributed by atoms with Gasteiger partial charge in [0.2, 0.25) is 0 Å². The van der Waals surface area contributed by atoms with E-state index in [1.807, 2.05) is 55.1 Å². The van der Waals surface area contributed by atoms with Gasteiger partial charge in [0.05, 0.1) is 13.2 Å². The summed E-state index contributed by atoms with van der Waals surface area (Å²) in [5.41, 5.74) is 4.62. The monoisotopic (exact) mass is 379 g/mol. The van der Waals surface area contributed by atoms with Gasteiger partial charge < -0.3 is 19.9 Å². The zero-order valence-corrected chi connectivity index (χ0v) is 17.1. The number of urea groups is 1. The molecule has 0 spiro atoms. The SMILES string of the molecule is CCN(C(=O)NCCc1c(C)[nH]c2ccccc12)C(C)c1cccc(OC)c1. The Morgan fingerprint density at radius 2 is 2.00 bits per heavy atom. The number of aromatic amines is 1. The standard InChI is InChI=1S/C23H29N3O2/c1-5-26(17(3)18-9-8-10-19(15-18)28-4)23(27)24-14-13-20-16(2)25-22-12-7-6-11-21(20)22/h6-12,15,17,25H,5,13-14H2,1-4H3,(H,24,27). The fraction of sp³-hybridized carbons (Fsp3) is 0.348. The van der Waals surface area contributed by atoms with Crippen molar-refractivity contribution >= 4 is 16.9 Å². The summed E-state index contributed by atoms with van der Waals surface area (Å²) in [5.74, 6) is 0.802. The first-order chi connectivity index (χ1) is 13.5. The van der Waals surface area contributed by atoms with E-state index in [-0.39, 0.29) is 12.1 Å². The lowest BCUT2D eigenvalue weighted by molar-refractivity contribution is 0.183. The number of H-pyrrole nitrogens is 1. The molecule has 0 radical (unpaired) electrons. The molecule has 148 valence electrons. The Morgan fingerprint density at radius 3 is 2.75 bits per heavy atom. The molecule has 5 nitrogen and oxygen atoms in total. The summed E-state index contributed by atoms with van der Waals surface area (Å²) in [6.07, 6.45) is 0.798. The van der Waals surface area contributed by atoms with Crippen molar-refractivity contribution in [3.63, 3.8) is 0 Å². The molecule has 0 bridgehead atoms. The number of hydrogen-bond acceptors (Lipinski definition) is 2. The van der Waals surface area contributed by atoms with Gasteiger partial charge in [0, 0.05) is 29.7 Å². The van der Waals surface area contributed by atoms with Crippen molar-refractivity contribution in [1.82, 2.24) is 15.2 Å². The maximum atomic E-state index is 12.8. The van der Waals surface area contributed by atoms with Crippen LogP contribution in [0.3, 0.4) is 0 Å². The van der Waals surface area contributed by atoms with Crippen molar-refractivity contribution in [1.29, 1.82) is 0 Å². The number of amides is 2. The summed E-state index contributed by atoms with van der Waals surface area (Å²) in [4.78, 5) is 18.1. The number of methoxy groups -OCH3 is 1. The average Bonchev–Trinajstić information content (AvgIpc) is 3.04. The van der Waals surface area contributed by atoms with E-state index in [1.165, 1.54) is 10.9 Å². The van der Waals surface area contributed by atoms with Gasteiger partial charge in [-0.25, -0.2) is 4.79 Å². The fourth-order valence-corrected chi connectivity index (χ4v) is 3.73. The van der Waals surface area contributed by atoms with Crippen molar-refractivity contribution in [2.24, 2.45) is 0 Å². The molecule has 5 heteroatoms. The Balaban J connectivity index is 1.64. The lowest BCUT2D eigenvalue weighted by atomic mass is 10.1. The van der Waals surface area contributed by atoms with Crippen molar-refractivity contribution in [3.05, 3.63) is 65.4 Å². The quantitative estimate of drug-likeness (QED) is 0.618. The number of benzene rings is 2. The number of aryl methyl sites for hydroxylation is 1. The number of nitrogens with zero attached hydrogens (tertiary/aromatic N) is 1. The molecular formula is C23H29N3O2. The number of ether oxygens (including phenoxy) is 1. The van der Waals surface area contributed by atoms with Crippen LogP contribution in [0.1, 0.15) is 36.7 Å². The molecule has 0 aliphatic rings. The van der Waals surface area contributed by atoms with Crippen LogP contribution in [0.15, 0.2) is 48.5 Å².